The lowest BCUT2D eigenvalue weighted by molar-refractivity contribution is -0.173. The lowest BCUT2D eigenvalue weighted by Gasteiger charge is -2.20. The zero-order valence-electron chi connectivity index (χ0n) is 12.1. The molecule has 0 aromatic rings. The van der Waals surface area contributed by atoms with Crippen LogP contribution in [-0.4, -0.2) is 43.5 Å². The number of rotatable bonds is 8. The van der Waals surface area contributed by atoms with E-state index in [9.17, 15) is 19.2 Å². The Morgan fingerprint density at radius 2 is 1.00 bits per heavy atom. The number of hydrogen-bond donors (Lipinski definition) is 0. The molecule has 0 aliphatic rings. The summed E-state index contributed by atoms with van der Waals surface area (Å²) in [5.41, 5.74) is 0. The summed E-state index contributed by atoms with van der Waals surface area (Å²) in [6.45, 7) is 5.82. The smallest absolute Gasteiger partial charge is 0.321 e. The van der Waals surface area contributed by atoms with Gasteiger partial charge in [-0.2, -0.15) is 0 Å². The summed E-state index contributed by atoms with van der Waals surface area (Å²) in [4.78, 5) is 47.0. The van der Waals surface area contributed by atoms with Gasteiger partial charge in [0.2, 0.25) is 0 Å². The highest BCUT2D eigenvalue weighted by atomic mass is 16.6. The van der Waals surface area contributed by atoms with Gasteiger partial charge in [0.25, 0.3) is 0 Å². The van der Waals surface area contributed by atoms with E-state index in [4.69, 9.17) is 14.2 Å². The van der Waals surface area contributed by atoms with Crippen LogP contribution in [-0.2, 0) is 33.4 Å². The molecular weight excluding hydrogens is 268 g/mol. The summed E-state index contributed by atoms with van der Waals surface area (Å²) < 4.78 is 14.2. The van der Waals surface area contributed by atoms with Gasteiger partial charge in [0.15, 0.2) is 5.92 Å². The van der Waals surface area contributed by atoms with Crippen LogP contribution in [0.5, 0.6) is 0 Å². The van der Waals surface area contributed by atoms with Crippen molar-refractivity contribution in [3.8, 4) is 0 Å². The minimum Gasteiger partial charge on any atom is -0.465 e. The van der Waals surface area contributed by atoms with Crippen LogP contribution in [0.15, 0.2) is 0 Å². The molecule has 0 aliphatic heterocycles. The second kappa shape index (κ2) is 9.06. The predicted octanol–water partition coefficient (Wildman–Crippen LogP) is 0.497. The number of ketones is 1. The highest BCUT2D eigenvalue weighted by Crippen LogP contribution is 2.19. The van der Waals surface area contributed by atoms with Gasteiger partial charge in [-0.05, 0) is 27.7 Å². The molecule has 0 rings (SSSR count). The Bertz CT molecular complexity index is 357. The summed E-state index contributed by atoms with van der Waals surface area (Å²) in [7, 11) is 0. The quantitative estimate of drug-likeness (QED) is 0.364. The first-order valence-electron chi connectivity index (χ1n) is 6.40. The number of hydrogen-bond acceptors (Lipinski definition) is 7. The average Bonchev–Trinajstić information content (AvgIpc) is 2.35. The summed E-state index contributed by atoms with van der Waals surface area (Å²) in [6.07, 6.45) is 0. The maximum absolute atomic E-state index is 11.8. The van der Waals surface area contributed by atoms with Crippen molar-refractivity contribution in [2.45, 2.75) is 27.7 Å². The van der Waals surface area contributed by atoms with Gasteiger partial charge in [0.05, 0.1) is 19.8 Å². The lowest BCUT2D eigenvalue weighted by Crippen LogP contribution is -2.42. The highest BCUT2D eigenvalue weighted by molar-refractivity contribution is 6.08. The second-order valence-electron chi connectivity index (χ2n) is 3.82. The van der Waals surface area contributed by atoms with Gasteiger partial charge in [-0.1, -0.05) is 0 Å². The predicted molar refractivity (Wildman–Crippen MR) is 67.6 cm³/mol. The minimum absolute atomic E-state index is 0.0161. The molecule has 0 heterocycles. The third-order valence-electron chi connectivity index (χ3n) is 2.39. The first-order chi connectivity index (χ1) is 9.40. The highest BCUT2D eigenvalue weighted by Gasteiger charge is 2.45. The van der Waals surface area contributed by atoms with Crippen molar-refractivity contribution in [2.24, 2.45) is 11.8 Å². The van der Waals surface area contributed by atoms with Gasteiger partial charge >= 0.3 is 17.9 Å². The molecule has 0 aliphatic carbocycles. The topological polar surface area (TPSA) is 96.0 Å². The van der Waals surface area contributed by atoms with E-state index in [1.807, 2.05) is 0 Å². The summed E-state index contributed by atoms with van der Waals surface area (Å²) in [6, 6.07) is 0. The molecule has 0 N–H and O–H groups in total. The van der Waals surface area contributed by atoms with Crippen molar-refractivity contribution in [2.75, 3.05) is 19.8 Å². The van der Waals surface area contributed by atoms with Gasteiger partial charge in [0.1, 0.15) is 11.7 Å². The van der Waals surface area contributed by atoms with Crippen molar-refractivity contribution in [3.05, 3.63) is 0 Å². The first kappa shape index (κ1) is 18.1. The van der Waals surface area contributed by atoms with Gasteiger partial charge in [-0.3, -0.25) is 19.2 Å². The lowest BCUT2D eigenvalue weighted by atomic mass is 9.89. The molecule has 0 spiro atoms. The van der Waals surface area contributed by atoms with Gasteiger partial charge in [0, 0.05) is 0 Å². The van der Waals surface area contributed by atoms with Crippen LogP contribution in [0.25, 0.3) is 0 Å². The number of ether oxygens (including phenoxy) is 3. The molecule has 7 nitrogen and oxygen atoms in total. The van der Waals surface area contributed by atoms with Crippen LogP contribution < -0.4 is 0 Å². The maximum atomic E-state index is 11.8. The maximum Gasteiger partial charge on any atom is 0.321 e. The van der Waals surface area contributed by atoms with E-state index in [0.29, 0.717) is 0 Å². The zero-order valence-corrected chi connectivity index (χ0v) is 12.1. The normalized spacial score (nSPS) is 11.7. The fourth-order valence-electron chi connectivity index (χ4n) is 1.60. The van der Waals surface area contributed by atoms with Crippen LogP contribution in [0.1, 0.15) is 27.7 Å². The SMILES string of the molecule is CCOC(=O)C(C(C)=O)C(C(=O)OCC)C(=O)OCC. The molecule has 1 atom stereocenters. The Hall–Kier alpha value is -1.92. The molecule has 0 bridgehead atoms. The Morgan fingerprint density at radius 1 is 0.700 bits per heavy atom. The second-order valence-corrected chi connectivity index (χ2v) is 3.82. The molecular formula is C13H20O7. The zero-order chi connectivity index (χ0) is 15.7. The molecule has 1 unspecified atom stereocenters. The molecule has 20 heavy (non-hydrogen) atoms. The molecule has 0 fully saturated rings. The third-order valence-corrected chi connectivity index (χ3v) is 2.39. The van der Waals surface area contributed by atoms with Crippen LogP contribution in [0, 0.1) is 11.8 Å². The summed E-state index contributed by atoms with van der Waals surface area (Å²) >= 11 is 0. The Morgan fingerprint density at radius 3 is 1.25 bits per heavy atom. The van der Waals surface area contributed by atoms with E-state index in [0.717, 1.165) is 6.92 Å². The molecule has 0 aromatic heterocycles. The van der Waals surface area contributed by atoms with E-state index in [2.05, 4.69) is 0 Å². The molecule has 0 saturated heterocycles. The fourth-order valence-corrected chi connectivity index (χ4v) is 1.60. The fraction of sp³-hybridized carbons (Fsp3) is 0.692. The number of carbonyl (C=O) groups excluding carboxylic acids is 4. The largest absolute Gasteiger partial charge is 0.465 e. The monoisotopic (exact) mass is 288 g/mol. The molecule has 0 aromatic carbocycles. The summed E-state index contributed by atoms with van der Waals surface area (Å²) in [5.74, 6) is -6.72. The standard InChI is InChI=1S/C13H20O7/c1-5-18-11(15)9(8(4)14)10(12(16)19-6-2)13(17)20-7-3/h9-10H,5-7H2,1-4H3. The van der Waals surface area contributed by atoms with Crippen molar-refractivity contribution < 1.29 is 33.4 Å². The summed E-state index contributed by atoms with van der Waals surface area (Å²) in [5, 5.41) is 0. The molecule has 114 valence electrons. The van der Waals surface area contributed by atoms with E-state index >= 15 is 0 Å². The van der Waals surface area contributed by atoms with Crippen molar-refractivity contribution in [1.29, 1.82) is 0 Å². The average molecular weight is 288 g/mol. The number of Topliss-reactive ketones (excluding diaryl/α,β-unsaturated/α-hetero) is 1. The van der Waals surface area contributed by atoms with Gasteiger partial charge in [-0.25, -0.2) is 0 Å². The van der Waals surface area contributed by atoms with E-state index in [-0.39, 0.29) is 19.8 Å². The van der Waals surface area contributed by atoms with Crippen LogP contribution in [0.2, 0.25) is 0 Å². The first-order valence-corrected chi connectivity index (χ1v) is 6.40. The van der Waals surface area contributed by atoms with Crippen molar-refractivity contribution >= 4 is 23.7 Å². The minimum atomic E-state index is -1.63. The molecule has 0 radical (unpaired) electrons. The Balaban J connectivity index is 5.41. The van der Waals surface area contributed by atoms with E-state index < -0.39 is 35.5 Å². The third kappa shape index (κ3) is 4.99. The number of carbonyl (C=O) groups is 4. The van der Waals surface area contributed by atoms with Gasteiger partial charge in [-0.15, -0.1) is 0 Å². The van der Waals surface area contributed by atoms with Crippen LogP contribution in [0.3, 0.4) is 0 Å². The molecule has 0 amide bonds. The van der Waals surface area contributed by atoms with Gasteiger partial charge < -0.3 is 14.2 Å². The van der Waals surface area contributed by atoms with Crippen LogP contribution >= 0.6 is 0 Å². The number of esters is 3. The van der Waals surface area contributed by atoms with Crippen molar-refractivity contribution in [1.82, 2.24) is 0 Å². The van der Waals surface area contributed by atoms with Crippen molar-refractivity contribution in [3.63, 3.8) is 0 Å². The Kier molecular flexibility index (Phi) is 8.19. The van der Waals surface area contributed by atoms with E-state index in [1.54, 1.807) is 20.8 Å². The Labute approximate surface area is 117 Å². The molecule has 7 heteroatoms. The molecule has 0 saturated carbocycles. The van der Waals surface area contributed by atoms with E-state index in [1.165, 1.54) is 0 Å². The van der Waals surface area contributed by atoms with Crippen LogP contribution in [0.4, 0.5) is 0 Å².